The molecule has 0 saturated carbocycles. The van der Waals surface area contributed by atoms with Gasteiger partial charge in [-0.15, -0.1) is 0 Å². The van der Waals surface area contributed by atoms with Gasteiger partial charge in [0.1, 0.15) is 0 Å². The van der Waals surface area contributed by atoms with Gasteiger partial charge in [-0.1, -0.05) is 51.9 Å². The predicted octanol–water partition coefficient (Wildman–Crippen LogP) is 1.43. The Labute approximate surface area is 110 Å². The van der Waals surface area contributed by atoms with Crippen molar-refractivity contribution in [2.75, 3.05) is 6.54 Å². The zero-order chi connectivity index (χ0) is 13.6. The van der Waals surface area contributed by atoms with Gasteiger partial charge in [-0.3, -0.25) is 21.3 Å². The van der Waals surface area contributed by atoms with Gasteiger partial charge < -0.3 is 11.5 Å². The molecule has 106 valence electrons. The Kier molecular flexibility index (Phi) is 11.0. The fourth-order valence-corrected chi connectivity index (χ4v) is 1.62. The summed E-state index contributed by atoms with van der Waals surface area (Å²) in [6.45, 7) is 2.95. The second kappa shape index (κ2) is 12.0. The highest BCUT2D eigenvalue weighted by Gasteiger charge is 1.93. The Morgan fingerprint density at radius 2 is 1.50 bits per heavy atom. The number of nitrogens with one attached hydrogen (secondary N) is 3. The molecule has 0 aliphatic rings. The smallest absolute Gasteiger partial charge is 0.207 e. The van der Waals surface area contributed by atoms with Gasteiger partial charge in [0.25, 0.3) is 0 Å². The first-order valence-corrected chi connectivity index (χ1v) is 6.82. The lowest BCUT2D eigenvalue weighted by Gasteiger charge is -2.06. The van der Waals surface area contributed by atoms with Crippen molar-refractivity contribution in [1.29, 1.82) is 5.41 Å². The van der Waals surface area contributed by atoms with Crippen molar-refractivity contribution in [3.8, 4) is 0 Å². The van der Waals surface area contributed by atoms with Gasteiger partial charge in [0.05, 0.1) is 0 Å². The van der Waals surface area contributed by atoms with Crippen LogP contribution in [0.3, 0.4) is 0 Å². The number of aliphatic imine (C=N–C) groups is 1. The van der Waals surface area contributed by atoms with Crippen LogP contribution in [0.4, 0.5) is 0 Å². The van der Waals surface area contributed by atoms with E-state index in [4.69, 9.17) is 16.9 Å². The van der Waals surface area contributed by atoms with Crippen molar-refractivity contribution < 1.29 is 0 Å². The lowest BCUT2D eigenvalue weighted by Crippen LogP contribution is -2.48. The second-order valence-corrected chi connectivity index (χ2v) is 4.41. The largest absolute Gasteiger partial charge is 0.369 e. The first-order valence-electron chi connectivity index (χ1n) is 6.82. The lowest BCUT2D eigenvalue weighted by molar-refractivity contribution is 0.578. The molecule has 0 aromatic heterocycles. The van der Waals surface area contributed by atoms with E-state index >= 15 is 0 Å². The van der Waals surface area contributed by atoms with E-state index in [1.165, 1.54) is 44.9 Å². The molecule has 0 aromatic rings. The van der Waals surface area contributed by atoms with Gasteiger partial charge >= 0.3 is 0 Å². The molecule has 0 radical (unpaired) electrons. The standard InChI is InChI=1S/C12H28N6/c1-2-3-4-5-6-7-8-9-10-16-12(15)18-17-11(13)14/h2-10H2,1H3,(H4,13,14,17)(H3,15,16,18). The maximum Gasteiger partial charge on any atom is 0.207 e. The molecule has 0 heterocycles. The van der Waals surface area contributed by atoms with Crippen LogP contribution in [-0.4, -0.2) is 18.5 Å². The Hall–Kier alpha value is -1.46. The molecule has 18 heavy (non-hydrogen) atoms. The molecule has 6 nitrogen and oxygen atoms in total. The van der Waals surface area contributed by atoms with Crippen LogP contribution in [0.15, 0.2) is 4.99 Å². The first-order chi connectivity index (χ1) is 8.66. The number of unbranched alkanes of at least 4 members (excludes halogenated alkanes) is 7. The Bertz CT molecular complexity index is 239. The van der Waals surface area contributed by atoms with Crippen molar-refractivity contribution >= 4 is 11.9 Å². The van der Waals surface area contributed by atoms with Crippen LogP contribution in [0.2, 0.25) is 0 Å². The number of hydrazine groups is 1. The Morgan fingerprint density at radius 1 is 0.944 bits per heavy atom. The molecule has 0 atom stereocenters. The number of nitrogens with zero attached hydrogens (tertiary/aromatic N) is 1. The summed E-state index contributed by atoms with van der Waals surface area (Å²) in [5.74, 6) is 0.0911. The van der Waals surface area contributed by atoms with Crippen molar-refractivity contribution in [3.63, 3.8) is 0 Å². The topological polar surface area (TPSA) is 112 Å². The van der Waals surface area contributed by atoms with Gasteiger partial charge in [-0.2, -0.15) is 0 Å². The lowest BCUT2D eigenvalue weighted by atomic mass is 10.1. The predicted molar refractivity (Wildman–Crippen MR) is 77.3 cm³/mol. The zero-order valence-corrected chi connectivity index (χ0v) is 11.5. The Morgan fingerprint density at radius 3 is 2.06 bits per heavy atom. The average Bonchev–Trinajstić information content (AvgIpc) is 2.34. The van der Waals surface area contributed by atoms with Crippen molar-refractivity contribution in [1.82, 2.24) is 10.9 Å². The van der Waals surface area contributed by atoms with Crippen LogP contribution in [0, 0.1) is 5.41 Å². The van der Waals surface area contributed by atoms with Crippen molar-refractivity contribution in [2.24, 2.45) is 16.5 Å². The number of hydrogen-bond donors (Lipinski definition) is 5. The zero-order valence-electron chi connectivity index (χ0n) is 11.5. The van der Waals surface area contributed by atoms with Crippen molar-refractivity contribution in [2.45, 2.75) is 58.3 Å². The van der Waals surface area contributed by atoms with Crippen LogP contribution in [0.25, 0.3) is 0 Å². The minimum atomic E-state index is -0.180. The molecule has 0 amide bonds. The third-order valence-corrected chi connectivity index (χ3v) is 2.62. The van der Waals surface area contributed by atoms with Crippen LogP contribution < -0.4 is 22.3 Å². The average molecular weight is 256 g/mol. The summed E-state index contributed by atoms with van der Waals surface area (Å²) in [5.41, 5.74) is 15.5. The van der Waals surface area contributed by atoms with Crippen LogP contribution in [-0.2, 0) is 0 Å². The third-order valence-electron chi connectivity index (χ3n) is 2.62. The van der Waals surface area contributed by atoms with E-state index < -0.39 is 0 Å². The van der Waals surface area contributed by atoms with E-state index in [-0.39, 0.29) is 11.9 Å². The van der Waals surface area contributed by atoms with E-state index in [0.29, 0.717) is 6.54 Å². The molecule has 7 N–H and O–H groups in total. The van der Waals surface area contributed by atoms with Gasteiger partial charge in [-0.05, 0) is 6.42 Å². The summed E-state index contributed by atoms with van der Waals surface area (Å²) in [7, 11) is 0. The highest BCUT2D eigenvalue weighted by atomic mass is 15.4. The number of rotatable bonds is 9. The van der Waals surface area contributed by atoms with E-state index in [9.17, 15) is 0 Å². The molecule has 0 unspecified atom stereocenters. The molecular formula is C12H28N6. The first kappa shape index (κ1) is 16.5. The van der Waals surface area contributed by atoms with Gasteiger partial charge in [0.2, 0.25) is 11.9 Å². The van der Waals surface area contributed by atoms with E-state index in [0.717, 1.165) is 6.42 Å². The maximum absolute atomic E-state index is 6.92. The van der Waals surface area contributed by atoms with Crippen LogP contribution >= 0.6 is 0 Å². The summed E-state index contributed by atoms with van der Waals surface area (Å²) in [6.07, 6.45) is 10.2. The van der Waals surface area contributed by atoms with Gasteiger partial charge in [-0.25, -0.2) is 0 Å². The molecule has 0 aliphatic carbocycles. The molecule has 0 rings (SSSR count). The van der Waals surface area contributed by atoms with Gasteiger partial charge in [0, 0.05) is 6.54 Å². The molecule has 0 aromatic carbocycles. The number of guanidine groups is 2. The van der Waals surface area contributed by atoms with Crippen molar-refractivity contribution in [3.05, 3.63) is 0 Å². The molecule has 0 aliphatic heterocycles. The highest BCUT2D eigenvalue weighted by Crippen LogP contribution is 2.08. The second-order valence-electron chi connectivity index (χ2n) is 4.41. The van der Waals surface area contributed by atoms with E-state index in [1.54, 1.807) is 0 Å². The molecule has 0 bridgehead atoms. The van der Waals surface area contributed by atoms with Crippen LogP contribution in [0.1, 0.15) is 58.3 Å². The summed E-state index contributed by atoms with van der Waals surface area (Å²) >= 11 is 0. The SMILES string of the molecule is CCCCCCCCCCN=C(N)NNC(=N)N. The summed E-state index contributed by atoms with van der Waals surface area (Å²) < 4.78 is 0. The number of nitrogens with two attached hydrogens (primary N) is 2. The van der Waals surface area contributed by atoms with E-state index in [2.05, 4.69) is 22.8 Å². The Balaban J connectivity index is 3.27. The maximum atomic E-state index is 6.92. The molecule has 0 spiro atoms. The van der Waals surface area contributed by atoms with Crippen LogP contribution in [0.5, 0.6) is 0 Å². The minimum absolute atomic E-state index is 0.180. The normalized spacial score (nSPS) is 11.3. The van der Waals surface area contributed by atoms with E-state index in [1.807, 2.05) is 0 Å². The highest BCUT2D eigenvalue weighted by molar-refractivity contribution is 5.82. The minimum Gasteiger partial charge on any atom is -0.369 e. The summed E-state index contributed by atoms with van der Waals surface area (Å²) in [5, 5.41) is 6.92. The molecule has 6 heteroatoms. The fourth-order valence-electron chi connectivity index (χ4n) is 1.62. The van der Waals surface area contributed by atoms with Gasteiger partial charge in [0.15, 0.2) is 0 Å². The quantitative estimate of drug-likeness (QED) is 0.186. The molecule has 0 fully saturated rings. The third kappa shape index (κ3) is 12.6. The molecule has 0 saturated heterocycles. The fraction of sp³-hybridized carbons (Fsp3) is 0.833. The number of hydrogen-bond acceptors (Lipinski definition) is 2. The summed E-state index contributed by atoms with van der Waals surface area (Å²) in [6, 6.07) is 0. The summed E-state index contributed by atoms with van der Waals surface area (Å²) in [4.78, 5) is 4.11. The molecular weight excluding hydrogens is 228 g/mol. The monoisotopic (exact) mass is 256 g/mol.